The Morgan fingerprint density at radius 1 is 1.50 bits per heavy atom. The fourth-order valence-corrected chi connectivity index (χ4v) is 2.21. The second kappa shape index (κ2) is 6.40. The number of hydrogen-bond donors (Lipinski definition) is 3. The summed E-state index contributed by atoms with van der Waals surface area (Å²) in [5, 5.41) is 9.63. The highest BCUT2D eigenvalue weighted by Gasteiger charge is 2.13. The van der Waals surface area contributed by atoms with E-state index < -0.39 is 0 Å². The number of rotatable bonds is 5. The summed E-state index contributed by atoms with van der Waals surface area (Å²) < 4.78 is 0. The van der Waals surface area contributed by atoms with Gasteiger partial charge in [-0.05, 0) is 44.5 Å². The van der Waals surface area contributed by atoms with Gasteiger partial charge in [0.1, 0.15) is 0 Å². The van der Waals surface area contributed by atoms with Crippen molar-refractivity contribution in [3.63, 3.8) is 0 Å². The van der Waals surface area contributed by atoms with E-state index in [2.05, 4.69) is 16.0 Å². The minimum Gasteiger partial charge on any atom is -0.383 e. The van der Waals surface area contributed by atoms with Crippen LogP contribution in [0.15, 0.2) is 24.3 Å². The normalized spacial score (nSPS) is 18.6. The van der Waals surface area contributed by atoms with Crippen LogP contribution in [-0.4, -0.2) is 31.6 Å². The van der Waals surface area contributed by atoms with Crippen LogP contribution in [0.1, 0.15) is 30.1 Å². The van der Waals surface area contributed by atoms with Gasteiger partial charge in [-0.2, -0.15) is 0 Å². The molecular formula is C14H21N3O. The first-order valence-corrected chi connectivity index (χ1v) is 6.65. The Morgan fingerprint density at radius 3 is 3.11 bits per heavy atom. The van der Waals surface area contributed by atoms with Crippen molar-refractivity contribution in [3.05, 3.63) is 29.8 Å². The van der Waals surface area contributed by atoms with E-state index >= 15 is 0 Å². The number of nitrogens with one attached hydrogen (secondary N) is 3. The van der Waals surface area contributed by atoms with Crippen molar-refractivity contribution < 1.29 is 4.79 Å². The minimum atomic E-state index is -0.0138. The van der Waals surface area contributed by atoms with Gasteiger partial charge in [-0.3, -0.25) is 4.79 Å². The molecule has 1 aromatic rings. The number of benzene rings is 1. The Kier molecular flexibility index (Phi) is 4.59. The quantitative estimate of drug-likeness (QED) is 0.741. The summed E-state index contributed by atoms with van der Waals surface area (Å²) in [7, 11) is 0. The van der Waals surface area contributed by atoms with Gasteiger partial charge >= 0.3 is 0 Å². The van der Waals surface area contributed by atoms with Gasteiger partial charge in [-0.25, -0.2) is 0 Å². The van der Waals surface area contributed by atoms with Gasteiger partial charge in [0.25, 0.3) is 5.91 Å². The average molecular weight is 247 g/mol. The largest absolute Gasteiger partial charge is 0.383 e. The number of carbonyl (C=O) groups excluding carboxylic acids is 1. The van der Waals surface area contributed by atoms with Crippen molar-refractivity contribution in [2.75, 3.05) is 25.0 Å². The number of anilines is 1. The van der Waals surface area contributed by atoms with E-state index in [1.54, 1.807) is 0 Å². The van der Waals surface area contributed by atoms with Crippen molar-refractivity contribution in [3.8, 4) is 0 Å². The van der Waals surface area contributed by atoms with Gasteiger partial charge in [0.05, 0.1) is 0 Å². The molecule has 3 N–H and O–H groups in total. The molecule has 1 atom stereocenters. The van der Waals surface area contributed by atoms with E-state index in [4.69, 9.17) is 0 Å². The van der Waals surface area contributed by atoms with Gasteiger partial charge in [0.15, 0.2) is 0 Å². The van der Waals surface area contributed by atoms with Gasteiger partial charge in [-0.15, -0.1) is 0 Å². The molecule has 1 unspecified atom stereocenters. The third-order valence-electron chi connectivity index (χ3n) is 3.18. The molecule has 1 aliphatic rings. The molecule has 1 aliphatic heterocycles. The molecule has 1 aromatic carbocycles. The number of carbonyl (C=O) groups is 1. The summed E-state index contributed by atoms with van der Waals surface area (Å²) in [4.78, 5) is 11.7. The van der Waals surface area contributed by atoms with Crippen LogP contribution < -0.4 is 16.0 Å². The van der Waals surface area contributed by atoms with Gasteiger partial charge in [0.2, 0.25) is 0 Å². The summed E-state index contributed by atoms with van der Waals surface area (Å²) in [6.45, 7) is 4.61. The molecule has 2 rings (SSSR count). The zero-order valence-corrected chi connectivity index (χ0v) is 10.8. The fourth-order valence-electron chi connectivity index (χ4n) is 2.21. The first-order chi connectivity index (χ1) is 8.79. The van der Waals surface area contributed by atoms with Crippen LogP contribution in [0.5, 0.6) is 0 Å². The lowest BCUT2D eigenvalue weighted by Gasteiger charge is -2.13. The molecular weight excluding hydrogens is 226 g/mol. The van der Waals surface area contributed by atoms with Crippen molar-refractivity contribution >= 4 is 11.6 Å². The van der Waals surface area contributed by atoms with Gasteiger partial charge < -0.3 is 16.0 Å². The van der Waals surface area contributed by atoms with Crippen LogP contribution in [0.3, 0.4) is 0 Å². The van der Waals surface area contributed by atoms with Crippen LogP contribution in [0, 0.1) is 0 Å². The highest BCUT2D eigenvalue weighted by atomic mass is 16.1. The standard InChI is InChI=1S/C14H21N3O/c1-2-15-14(18)11-5-3-6-12(9-11)17-10-13-7-4-8-16-13/h3,5-6,9,13,16-17H,2,4,7-8,10H2,1H3,(H,15,18). The second-order valence-corrected chi connectivity index (χ2v) is 4.61. The Morgan fingerprint density at radius 2 is 2.39 bits per heavy atom. The van der Waals surface area contributed by atoms with Gasteiger partial charge in [-0.1, -0.05) is 6.07 Å². The third kappa shape index (κ3) is 3.47. The lowest BCUT2D eigenvalue weighted by Crippen LogP contribution is -2.29. The van der Waals surface area contributed by atoms with Crippen molar-refractivity contribution in [1.82, 2.24) is 10.6 Å². The Balaban J connectivity index is 1.91. The lowest BCUT2D eigenvalue weighted by molar-refractivity contribution is 0.0956. The highest BCUT2D eigenvalue weighted by Crippen LogP contribution is 2.12. The molecule has 1 heterocycles. The van der Waals surface area contributed by atoms with E-state index in [0.717, 1.165) is 18.8 Å². The Hall–Kier alpha value is -1.55. The molecule has 0 radical (unpaired) electrons. The maximum Gasteiger partial charge on any atom is 0.251 e. The average Bonchev–Trinajstić information content (AvgIpc) is 2.90. The predicted octanol–water partition coefficient (Wildman–Crippen LogP) is 1.60. The Labute approximate surface area is 108 Å². The summed E-state index contributed by atoms with van der Waals surface area (Å²) in [6.07, 6.45) is 2.48. The van der Waals surface area contributed by atoms with Crippen LogP contribution in [-0.2, 0) is 0 Å². The maximum absolute atomic E-state index is 11.7. The topological polar surface area (TPSA) is 53.2 Å². The molecule has 0 saturated carbocycles. The monoisotopic (exact) mass is 247 g/mol. The minimum absolute atomic E-state index is 0.0138. The number of hydrogen-bond acceptors (Lipinski definition) is 3. The molecule has 1 saturated heterocycles. The molecule has 0 spiro atoms. The summed E-state index contributed by atoms with van der Waals surface area (Å²) in [5.41, 5.74) is 1.72. The van der Waals surface area contributed by atoms with Crippen molar-refractivity contribution in [1.29, 1.82) is 0 Å². The Bertz CT molecular complexity index is 400. The van der Waals surface area contributed by atoms with Gasteiger partial charge in [0, 0.05) is 30.4 Å². The van der Waals surface area contributed by atoms with Crippen LogP contribution in [0.4, 0.5) is 5.69 Å². The molecule has 4 heteroatoms. The highest BCUT2D eigenvalue weighted by molar-refractivity contribution is 5.95. The number of amides is 1. The third-order valence-corrected chi connectivity index (χ3v) is 3.18. The molecule has 0 bridgehead atoms. The second-order valence-electron chi connectivity index (χ2n) is 4.61. The van der Waals surface area contributed by atoms with Crippen LogP contribution in [0.2, 0.25) is 0 Å². The SMILES string of the molecule is CCNC(=O)c1cccc(NCC2CCCN2)c1. The van der Waals surface area contributed by atoms with Crippen LogP contribution >= 0.6 is 0 Å². The molecule has 1 fully saturated rings. The molecule has 1 amide bonds. The first kappa shape index (κ1) is 12.9. The predicted molar refractivity (Wildman–Crippen MR) is 74.0 cm³/mol. The van der Waals surface area contributed by atoms with Crippen molar-refractivity contribution in [2.24, 2.45) is 0 Å². The van der Waals surface area contributed by atoms with E-state index in [1.165, 1.54) is 12.8 Å². The lowest BCUT2D eigenvalue weighted by atomic mass is 10.1. The zero-order chi connectivity index (χ0) is 12.8. The molecule has 4 nitrogen and oxygen atoms in total. The van der Waals surface area contributed by atoms with E-state index in [1.807, 2.05) is 31.2 Å². The van der Waals surface area contributed by atoms with E-state index in [0.29, 0.717) is 18.2 Å². The molecule has 18 heavy (non-hydrogen) atoms. The molecule has 98 valence electrons. The first-order valence-electron chi connectivity index (χ1n) is 6.65. The van der Waals surface area contributed by atoms with Crippen LogP contribution in [0.25, 0.3) is 0 Å². The fraction of sp³-hybridized carbons (Fsp3) is 0.500. The molecule has 0 aliphatic carbocycles. The summed E-state index contributed by atoms with van der Waals surface area (Å²) in [6, 6.07) is 8.20. The van der Waals surface area contributed by atoms with E-state index in [-0.39, 0.29) is 5.91 Å². The zero-order valence-electron chi connectivity index (χ0n) is 10.8. The molecule has 0 aromatic heterocycles. The summed E-state index contributed by atoms with van der Waals surface area (Å²) >= 11 is 0. The van der Waals surface area contributed by atoms with Crippen molar-refractivity contribution in [2.45, 2.75) is 25.8 Å². The maximum atomic E-state index is 11.7. The summed E-state index contributed by atoms with van der Waals surface area (Å²) in [5.74, 6) is -0.0138. The smallest absolute Gasteiger partial charge is 0.251 e. The van der Waals surface area contributed by atoms with E-state index in [9.17, 15) is 4.79 Å².